The van der Waals surface area contributed by atoms with Crippen molar-refractivity contribution >= 4 is 23.3 Å². The number of anilines is 2. The van der Waals surface area contributed by atoms with Crippen LogP contribution in [0.25, 0.3) is 0 Å². The lowest BCUT2D eigenvalue weighted by Crippen LogP contribution is -2.33. The molecule has 0 aliphatic heterocycles. The lowest BCUT2D eigenvalue weighted by atomic mass is 10.1. The number of nitrogens with one attached hydrogen (secondary N) is 4. The first-order chi connectivity index (χ1) is 14.4. The summed E-state index contributed by atoms with van der Waals surface area (Å²) in [6, 6.07) is 15.6. The minimum atomic E-state index is -0.495. The second-order valence-electron chi connectivity index (χ2n) is 7.44. The van der Waals surface area contributed by atoms with Crippen LogP contribution in [0, 0.1) is 12.8 Å². The van der Waals surface area contributed by atoms with Crippen LogP contribution >= 0.6 is 0 Å². The molecule has 0 radical (unpaired) electrons. The number of amides is 3. The Balaban J connectivity index is 1.65. The summed E-state index contributed by atoms with van der Waals surface area (Å²) in [5.41, 5.74) is 2.16. The molecule has 8 nitrogen and oxygen atoms in total. The van der Waals surface area contributed by atoms with Gasteiger partial charge < -0.3 is 16.0 Å². The third kappa shape index (κ3) is 5.91. The standard InChI is InChI=1S/C22H26N6O2/c1-14(2)13-19(29)24-17-9-11-18(12-10-17)25-22(30)26-20(16-7-5-4-6-8-16)21-23-15(3)27-28-21/h4-12,14,20H,13H2,1-3H3,(H,24,29)(H,23,27,28)(H2,25,26,30). The van der Waals surface area contributed by atoms with E-state index in [4.69, 9.17) is 0 Å². The van der Waals surface area contributed by atoms with Gasteiger partial charge in [-0.2, -0.15) is 5.10 Å². The van der Waals surface area contributed by atoms with Crippen molar-refractivity contribution in [2.45, 2.75) is 33.2 Å². The van der Waals surface area contributed by atoms with E-state index in [-0.39, 0.29) is 11.9 Å². The minimum Gasteiger partial charge on any atom is -0.326 e. The molecular formula is C22H26N6O2. The highest BCUT2D eigenvalue weighted by molar-refractivity contribution is 5.92. The van der Waals surface area contributed by atoms with Gasteiger partial charge in [0.15, 0.2) is 5.82 Å². The van der Waals surface area contributed by atoms with E-state index >= 15 is 0 Å². The van der Waals surface area contributed by atoms with Gasteiger partial charge in [-0.05, 0) is 42.7 Å². The number of aromatic amines is 1. The summed E-state index contributed by atoms with van der Waals surface area (Å²) in [5.74, 6) is 1.41. The minimum absolute atomic E-state index is 0.0315. The molecule has 0 spiro atoms. The molecule has 0 aliphatic rings. The largest absolute Gasteiger partial charge is 0.326 e. The molecule has 1 aromatic heterocycles. The monoisotopic (exact) mass is 406 g/mol. The molecule has 1 heterocycles. The van der Waals surface area contributed by atoms with Gasteiger partial charge in [0.05, 0.1) is 0 Å². The SMILES string of the molecule is Cc1nc(C(NC(=O)Nc2ccc(NC(=O)CC(C)C)cc2)c2ccccc2)n[nH]1. The molecule has 0 fully saturated rings. The van der Waals surface area contributed by atoms with Crippen LogP contribution in [0.15, 0.2) is 54.6 Å². The fourth-order valence-corrected chi connectivity index (χ4v) is 2.95. The highest BCUT2D eigenvalue weighted by Gasteiger charge is 2.21. The van der Waals surface area contributed by atoms with Crippen LogP contribution in [-0.2, 0) is 4.79 Å². The maximum absolute atomic E-state index is 12.6. The number of urea groups is 1. The van der Waals surface area contributed by atoms with Gasteiger partial charge in [0.25, 0.3) is 0 Å². The molecule has 1 unspecified atom stereocenters. The number of rotatable bonds is 7. The summed E-state index contributed by atoms with van der Waals surface area (Å²) >= 11 is 0. The molecule has 4 N–H and O–H groups in total. The van der Waals surface area contributed by atoms with E-state index in [1.807, 2.05) is 44.2 Å². The molecule has 2 aromatic carbocycles. The third-order valence-corrected chi connectivity index (χ3v) is 4.30. The zero-order valence-corrected chi connectivity index (χ0v) is 17.3. The zero-order valence-electron chi connectivity index (χ0n) is 17.3. The number of aromatic nitrogens is 3. The molecule has 30 heavy (non-hydrogen) atoms. The van der Waals surface area contributed by atoms with E-state index in [1.54, 1.807) is 31.2 Å². The number of carbonyl (C=O) groups excluding carboxylic acids is 2. The lowest BCUT2D eigenvalue weighted by Gasteiger charge is -2.17. The molecule has 8 heteroatoms. The Labute approximate surface area is 175 Å². The summed E-state index contributed by atoms with van der Waals surface area (Å²) in [7, 11) is 0. The first-order valence-electron chi connectivity index (χ1n) is 9.82. The number of hydrogen-bond acceptors (Lipinski definition) is 4. The van der Waals surface area contributed by atoms with Gasteiger partial charge >= 0.3 is 6.03 Å². The number of hydrogen-bond donors (Lipinski definition) is 4. The van der Waals surface area contributed by atoms with E-state index in [2.05, 4.69) is 31.1 Å². The summed E-state index contributed by atoms with van der Waals surface area (Å²) in [4.78, 5) is 28.8. The molecule has 3 rings (SSSR count). The van der Waals surface area contributed by atoms with Crippen molar-refractivity contribution in [1.29, 1.82) is 0 Å². The second kappa shape index (κ2) is 9.69. The fourth-order valence-electron chi connectivity index (χ4n) is 2.95. The van der Waals surface area contributed by atoms with Gasteiger partial charge in [-0.3, -0.25) is 9.89 Å². The highest BCUT2D eigenvalue weighted by atomic mass is 16.2. The molecule has 3 aromatic rings. The van der Waals surface area contributed by atoms with Crippen LogP contribution in [0.4, 0.5) is 16.2 Å². The summed E-state index contributed by atoms with van der Waals surface area (Å²) in [6.07, 6.45) is 0.462. The Morgan fingerprint density at radius 3 is 2.17 bits per heavy atom. The number of nitrogens with zero attached hydrogens (tertiary/aromatic N) is 2. The van der Waals surface area contributed by atoms with Crippen LogP contribution in [0.3, 0.4) is 0 Å². The van der Waals surface area contributed by atoms with E-state index < -0.39 is 6.04 Å². The maximum Gasteiger partial charge on any atom is 0.320 e. The Morgan fingerprint density at radius 2 is 1.60 bits per heavy atom. The van der Waals surface area contributed by atoms with Crippen LogP contribution in [0.1, 0.15) is 43.5 Å². The summed E-state index contributed by atoms with van der Waals surface area (Å²) in [5, 5.41) is 15.6. The van der Waals surface area contributed by atoms with Gasteiger partial charge in [-0.15, -0.1) is 0 Å². The van der Waals surface area contributed by atoms with Crippen molar-refractivity contribution in [3.8, 4) is 0 Å². The first-order valence-corrected chi connectivity index (χ1v) is 9.82. The Morgan fingerprint density at radius 1 is 0.967 bits per heavy atom. The molecule has 0 aliphatic carbocycles. The molecule has 0 bridgehead atoms. The van der Waals surface area contributed by atoms with E-state index in [0.717, 1.165) is 5.56 Å². The predicted molar refractivity (Wildman–Crippen MR) is 116 cm³/mol. The van der Waals surface area contributed by atoms with Gasteiger partial charge in [-0.25, -0.2) is 9.78 Å². The van der Waals surface area contributed by atoms with Crippen molar-refractivity contribution in [2.75, 3.05) is 10.6 Å². The smallest absolute Gasteiger partial charge is 0.320 e. The normalized spacial score (nSPS) is 11.7. The number of aryl methyl sites for hydroxylation is 1. The average Bonchev–Trinajstić information content (AvgIpc) is 3.14. The van der Waals surface area contributed by atoms with Crippen molar-refractivity contribution in [2.24, 2.45) is 5.92 Å². The molecule has 3 amide bonds. The van der Waals surface area contributed by atoms with Crippen LogP contribution in [0.2, 0.25) is 0 Å². The lowest BCUT2D eigenvalue weighted by molar-refractivity contribution is -0.116. The highest BCUT2D eigenvalue weighted by Crippen LogP contribution is 2.20. The zero-order chi connectivity index (χ0) is 21.5. The quantitative estimate of drug-likeness (QED) is 0.475. The molecular weight excluding hydrogens is 380 g/mol. The van der Waals surface area contributed by atoms with Gasteiger partial charge in [0.2, 0.25) is 5.91 Å². The Bertz CT molecular complexity index is 982. The van der Waals surface area contributed by atoms with Gasteiger partial charge in [0, 0.05) is 17.8 Å². The van der Waals surface area contributed by atoms with Crippen LogP contribution in [-0.4, -0.2) is 27.1 Å². The van der Waals surface area contributed by atoms with Gasteiger partial charge in [-0.1, -0.05) is 44.2 Å². The van der Waals surface area contributed by atoms with Gasteiger partial charge in [0.1, 0.15) is 11.9 Å². The van der Waals surface area contributed by atoms with Crippen molar-refractivity contribution in [3.63, 3.8) is 0 Å². The Kier molecular flexibility index (Phi) is 6.79. The molecule has 156 valence electrons. The predicted octanol–water partition coefficient (Wildman–Crippen LogP) is 4.01. The van der Waals surface area contributed by atoms with E-state index in [1.165, 1.54) is 0 Å². The molecule has 0 saturated heterocycles. The first kappa shape index (κ1) is 21.0. The van der Waals surface area contributed by atoms with Crippen molar-refractivity contribution in [1.82, 2.24) is 20.5 Å². The Hall–Kier alpha value is -3.68. The fraction of sp³-hybridized carbons (Fsp3) is 0.273. The topological polar surface area (TPSA) is 112 Å². The second-order valence-corrected chi connectivity index (χ2v) is 7.44. The average molecular weight is 406 g/mol. The van der Waals surface area contributed by atoms with Crippen LogP contribution in [0.5, 0.6) is 0 Å². The molecule has 1 atom stereocenters. The number of benzene rings is 2. The number of carbonyl (C=O) groups is 2. The summed E-state index contributed by atoms with van der Waals surface area (Å²) < 4.78 is 0. The molecule has 0 saturated carbocycles. The van der Waals surface area contributed by atoms with Crippen molar-refractivity contribution < 1.29 is 9.59 Å². The summed E-state index contributed by atoms with van der Waals surface area (Å²) in [6.45, 7) is 5.79. The van der Waals surface area contributed by atoms with E-state index in [0.29, 0.717) is 35.4 Å². The number of H-pyrrole nitrogens is 1. The van der Waals surface area contributed by atoms with Crippen LogP contribution < -0.4 is 16.0 Å². The third-order valence-electron chi connectivity index (χ3n) is 4.30. The van der Waals surface area contributed by atoms with Crippen molar-refractivity contribution in [3.05, 3.63) is 71.8 Å². The van der Waals surface area contributed by atoms with E-state index in [9.17, 15) is 9.59 Å². The maximum atomic E-state index is 12.6.